The summed E-state index contributed by atoms with van der Waals surface area (Å²) in [5.74, 6) is -0.889. The quantitative estimate of drug-likeness (QED) is 0.430. The van der Waals surface area contributed by atoms with Gasteiger partial charge in [0.25, 0.3) is 5.91 Å². The number of aromatic nitrogens is 1. The number of Topliss-reactive ketones (excluding diaryl/α,β-unsaturated/α-hetero) is 1. The zero-order valence-corrected chi connectivity index (χ0v) is 20.3. The first-order valence-corrected chi connectivity index (χ1v) is 12.6. The first-order chi connectivity index (χ1) is 17.4. The van der Waals surface area contributed by atoms with E-state index >= 15 is 0 Å². The van der Waals surface area contributed by atoms with Crippen molar-refractivity contribution < 1.29 is 29.0 Å². The molecule has 3 aliphatic rings. The zero-order chi connectivity index (χ0) is 25.4. The van der Waals surface area contributed by atoms with Crippen LogP contribution in [0.4, 0.5) is 0 Å². The Bertz CT molecular complexity index is 1190. The first kappa shape index (κ1) is 24.3. The Balaban J connectivity index is 1.39. The van der Waals surface area contributed by atoms with Gasteiger partial charge in [-0.3, -0.25) is 19.2 Å². The lowest BCUT2D eigenvalue weighted by Gasteiger charge is -2.29. The minimum atomic E-state index is -0.980. The molecule has 1 aromatic heterocycles. The number of carbonyl (C=O) groups is 4. The number of aromatic amines is 1. The lowest BCUT2D eigenvalue weighted by Crippen LogP contribution is -2.53. The highest BCUT2D eigenvalue weighted by atomic mass is 16.5. The Hall–Kier alpha value is -3.40. The van der Waals surface area contributed by atoms with Crippen molar-refractivity contribution in [1.29, 1.82) is 0 Å². The van der Waals surface area contributed by atoms with E-state index in [2.05, 4.69) is 15.6 Å². The van der Waals surface area contributed by atoms with Crippen molar-refractivity contribution in [2.24, 2.45) is 17.8 Å². The second-order valence-corrected chi connectivity index (χ2v) is 10.1. The molecule has 5 rings (SSSR count). The third-order valence-corrected chi connectivity index (χ3v) is 8.04. The monoisotopic (exact) mass is 496 g/mol. The maximum atomic E-state index is 13.7. The van der Waals surface area contributed by atoms with Gasteiger partial charge in [-0.2, -0.15) is 0 Å². The number of rotatable bonds is 8. The number of nitrogens with zero attached hydrogens (tertiary/aromatic N) is 1. The summed E-state index contributed by atoms with van der Waals surface area (Å²) in [5.41, 5.74) is 1.14. The number of aliphatic hydroxyl groups excluding tert-OH is 1. The van der Waals surface area contributed by atoms with Crippen molar-refractivity contribution in [3.05, 3.63) is 30.0 Å². The molecule has 1 aromatic carbocycles. The van der Waals surface area contributed by atoms with E-state index in [1.165, 1.54) is 0 Å². The summed E-state index contributed by atoms with van der Waals surface area (Å²) in [7, 11) is 1.57. The summed E-state index contributed by atoms with van der Waals surface area (Å²) < 4.78 is 5.42. The fourth-order valence-electron chi connectivity index (χ4n) is 6.22. The third kappa shape index (κ3) is 4.34. The summed E-state index contributed by atoms with van der Waals surface area (Å²) in [6.07, 6.45) is 3.47. The van der Waals surface area contributed by atoms with Crippen molar-refractivity contribution in [1.82, 2.24) is 20.5 Å². The van der Waals surface area contributed by atoms with Gasteiger partial charge in [0.15, 0.2) is 5.78 Å². The number of aliphatic hydroxyl groups is 1. The molecular weight excluding hydrogens is 464 g/mol. The van der Waals surface area contributed by atoms with Crippen LogP contribution in [0.2, 0.25) is 0 Å². The number of methoxy groups -OCH3 is 1. The second kappa shape index (κ2) is 9.93. The summed E-state index contributed by atoms with van der Waals surface area (Å²) >= 11 is 0. The van der Waals surface area contributed by atoms with Gasteiger partial charge in [0.05, 0.1) is 13.2 Å². The third-order valence-electron chi connectivity index (χ3n) is 8.04. The Kier molecular flexibility index (Phi) is 6.70. The van der Waals surface area contributed by atoms with Gasteiger partial charge in [0.2, 0.25) is 11.8 Å². The van der Waals surface area contributed by atoms with Crippen LogP contribution < -0.4 is 15.4 Å². The minimum Gasteiger partial charge on any atom is -0.496 e. The van der Waals surface area contributed by atoms with Crippen LogP contribution in [0.3, 0.4) is 0 Å². The molecule has 4 N–H and O–H groups in total. The number of benzene rings is 1. The topological polar surface area (TPSA) is 141 Å². The smallest absolute Gasteiger partial charge is 0.271 e. The lowest BCUT2D eigenvalue weighted by molar-refractivity contribution is -0.133. The number of nitrogens with one attached hydrogen (secondary N) is 3. The average Bonchev–Trinajstić information content (AvgIpc) is 3.66. The largest absolute Gasteiger partial charge is 0.496 e. The summed E-state index contributed by atoms with van der Waals surface area (Å²) in [5, 5.41) is 15.8. The molecule has 2 saturated heterocycles. The SMILES string of the molecule is COc1cccc2[nH]c(C(=O)N3C[C@H]4CCC[C@H]4[C@@H]3C(=O)N[C@H](C[C@@H]3CCNC3=O)C(=O)CO)cc12. The van der Waals surface area contributed by atoms with Gasteiger partial charge in [-0.1, -0.05) is 12.5 Å². The number of likely N-dealkylation sites (tertiary alicyclic amines) is 1. The molecule has 1 aliphatic carbocycles. The fourth-order valence-corrected chi connectivity index (χ4v) is 6.22. The average molecular weight is 497 g/mol. The summed E-state index contributed by atoms with van der Waals surface area (Å²) in [6.45, 7) is 0.273. The molecule has 0 bridgehead atoms. The van der Waals surface area contributed by atoms with Crippen LogP contribution in [0.1, 0.15) is 42.6 Å². The molecule has 3 fully saturated rings. The van der Waals surface area contributed by atoms with Crippen LogP contribution in [0, 0.1) is 17.8 Å². The second-order valence-electron chi connectivity index (χ2n) is 10.1. The van der Waals surface area contributed by atoms with Gasteiger partial charge in [-0.05, 0) is 55.7 Å². The van der Waals surface area contributed by atoms with E-state index in [-0.39, 0.29) is 30.1 Å². The fraction of sp³-hybridized carbons (Fsp3) is 0.538. The number of hydrogen-bond acceptors (Lipinski definition) is 6. The summed E-state index contributed by atoms with van der Waals surface area (Å²) in [6, 6.07) is 5.57. The van der Waals surface area contributed by atoms with E-state index in [1.54, 1.807) is 18.1 Å². The van der Waals surface area contributed by atoms with Gasteiger partial charge < -0.3 is 30.4 Å². The Labute approximate surface area is 208 Å². The van der Waals surface area contributed by atoms with Crippen molar-refractivity contribution in [3.8, 4) is 5.75 Å². The number of carbonyl (C=O) groups excluding carboxylic acids is 4. The van der Waals surface area contributed by atoms with Gasteiger partial charge >= 0.3 is 0 Å². The predicted molar refractivity (Wildman–Crippen MR) is 130 cm³/mol. The maximum Gasteiger partial charge on any atom is 0.271 e. The normalized spacial score (nSPS) is 26.1. The van der Waals surface area contributed by atoms with E-state index in [0.29, 0.717) is 31.0 Å². The van der Waals surface area contributed by atoms with E-state index in [1.807, 2.05) is 18.2 Å². The van der Waals surface area contributed by atoms with Crippen LogP contribution >= 0.6 is 0 Å². The van der Waals surface area contributed by atoms with Gasteiger partial charge in [0, 0.05) is 29.9 Å². The van der Waals surface area contributed by atoms with Crippen LogP contribution in [0.25, 0.3) is 10.9 Å². The number of ether oxygens (including phenoxy) is 1. The van der Waals surface area contributed by atoms with Gasteiger partial charge in [-0.15, -0.1) is 0 Å². The molecule has 2 aliphatic heterocycles. The number of hydrogen-bond donors (Lipinski definition) is 4. The van der Waals surface area contributed by atoms with E-state index in [0.717, 1.165) is 30.2 Å². The standard InChI is InChI=1S/C26H32N4O6/c1-36-22-7-3-6-18-17(22)11-20(28-18)26(35)30-12-15-4-2-5-16(15)23(30)25(34)29-19(21(32)13-31)10-14-8-9-27-24(14)33/h3,6-7,11,14-16,19,23,28,31H,2,4-5,8-10,12-13H2,1H3,(H,27,33)(H,29,34)/t14-,15+,16+,19+,23+/m0/s1. The molecule has 3 heterocycles. The molecule has 1 saturated carbocycles. The predicted octanol–water partition coefficient (Wildman–Crippen LogP) is 0.990. The maximum absolute atomic E-state index is 13.7. The zero-order valence-electron chi connectivity index (χ0n) is 20.3. The van der Waals surface area contributed by atoms with E-state index < -0.39 is 36.3 Å². The molecule has 2 aromatic rings. The molecule has 3 amide bonds. The molecule has 10 heteroatoms. The van der Waals surface area contributed by atoms with Crippen LogP contribution in [0.15, 0.2) is 24.3 Å². The molecule has 0 spiro atoms. The highest BCUT2D eigenvalue weighted by Gasteiger charge is 2.50. The first-order valence-electron chi connectivity index (χ1n) is 12.6. The molecule has 5 atom stereocenters. The Morgan fingerprint density at radius 3 is 2.81 bits per heavy atom. The molecule has 10 nitrogen and oxygen atoms in total. The van der Waals surface area contributed by atoms with Gasteiger partial charge in [0.1, 0.15) is 24.1 Å². The van der Waals surface area contributed by atoms with Crippen molar-refractivity contribution in [2.45, 2.75) is 44.2 Å². The van der Waals surface area contributed by atoms with Crippen LogP contribution in [0.5, 0.6) is 5.75 Å². The highest BCUT2D eigenvalue weighted by molar-refractivity contribution is 6.02. The lowest BCUT2D eigenvalue weighted by atomic mass is 9.92. The Morgan fingerprint density at radius 2 is 2.08 bits per heavy atom. The molecule has 0 radical (unpaired) electrons. The molecule has 0 unspecified atom stereocenters. The molecule has 192 valence electrons. The Morgan fingerprint density at radius 1 is 1.25 bits per heavy atom. The minimum absolute atomic E-state index is 0.00696. The van der Waals surface area contributed by atoms with Crippen molar-refractivity contribution in [2.75, 3.05) is 26.8 Å². The van der Waals surface area contributed by atoms with Crippen LogP contribution in [-0.2, 0) is 14.4 Å². The van der Waals surface area contributed by atoms with Crippen LogP contribution in [-0.4, -0.2) is 77.4 Å². The van der Waals surface area contributed by atoms with E-state index in [4.69, 9.17) is 4.74 Å². The van der Waals surface area contributed by atoms with Crippen molar-refractivity contribution >= 4 is 34.4 Å². The van der Waals surface area contributed by atoms with Crippen molar-refractivity contribution in [3.63, 3.8) is 0 Å². The molecular formula is C26H32N4O6. The summed E-state index contributed by atoms with van der Waals surface area (Å²) in [4.78, 5) is 56.6. The number of ketones is 1. The number of fused-ring (bicyclic) bond motifs is 2. The van der Waals surface area contributed by atoms with E-state index in [9.17, 15) is 24.3 Å². The highest BCUT2D eigenvalue weighted by Crippen LogP contribution is 2.43. The van der Waals surface area contributed by atoms with Gasteiger partial charge in [-0.25, -0.2) is 0 Å². The number of amides is 3. The molecule has 36 heavy (non-hydrogen) atoms. The number of H-pyrrole nitrogens is 1.